The molecular weight excluding hydrogens is 334 g/mol. The maximum absolute atomic E-state index is 13.1. The van der Waals surface area contributed by atoms with Crippen molar-refractivity contribution in [3.05, 3.63) is 75.6 Å². The molecule has 4 rings (SSSR count). The molecule has 6 nitrogen and oxygen atoms in total. The molecule has 2 aromatic carbocycles. The Hall–Kier alpha value is -3.12. The number of benzene rings is 2. The van der Waals surface area contributed by atoms with Crippen LogP contribution in [0.5, 0.6) is 5.75 Å². The van der Waals surface area contributed by atoms with Gasteiger partial charge in [-0.3, -0.25) is 9.59 Å². The van der Waals surface area contributed by atoms with Crippen LogP contribution in [-0.4, -0.2) is 34.2 Å². The lowest BCUT2D eigenvalue weighted by Crippen LogP contribution is -2.31. The summed E-state index contributed by atoms with van der Waals surface area (Å²) in [7, 11) is 0. The van der Waals surface area contributed by atoms with Crippen molar-refractivity contribution >= 4 is 16.9 Å². The molecule has 0 radical (unpaired) electrons. The number of amides is 1. The molecule has 0 unspecified atom stereocenters. The fourth-order valence-corrected chi connectivity index (χ4v) is 3.48. The largest absolute Gasteiger partial charge is 0.508 e. The topological polar surface area (TPSA) is 91.0 Å². The van der Waals surface area contributed by atoms with Crippen LogP contribution < -0.4 is 5.43 Å². The van der Waals surface area contributed by atoms with Gasteiger partial charge in [0.15, 0.2) is 5.43 Å². The van der Waals surface area contributed by atoms with E-state index in [0.717, 1.165) is 0 Å². The van der Waals surface area contributed by atoms with Crippen LogP contribution in [0.25, 0.3) is 11.0 Å². The summed E-state index contributed by atoms with van der Waals surface area (Å²) in [5, 5.41) is 19.4. The van der Waals surface area contributed by atoms with Crippen LogP contribution in [0.2, 0.25) is 0 Å². The van der Waals surface area contributed by atoms with E-state index < -0.39 is 6.04 Å². The molecule has 0 bridgehead atoms. The van der Waals surface area contributed by atoms with E-state index in [-0.39, 0.29) is 41.6 Å². The Labute approximate surface area is 148 Å². The number of aliphatic hydroxyl groups excluding tert-OH is 1. The number of carbonyl (C=O) groups is 1. The molecule has 0 saturated carbocycles. The Morgan fingerprint density at radius 2 is 1.88 bits per heavy atom. The fraction of sp³-hybridized carbons (Fsp3) is 0.200. The average molecular weight is 351 g/mol. The zero-order chi connectivity index (χ0) is 18.3. The van der Waals surface area contributed by atoms with Gasteiger partial charge in [0, 0.05) is 13.2 Å². The molecule has 1 atom stereocenters. The average Bonchev–Trinajstić information content (AvgIpc) is 2.93. The van der Waals surface area contributed by atoms with Crippen LogP contribution in [-0.2, 0) is 0 Å². The van der Waals surface area contributed by atoms with Crippen LogP contribution in [0.3, 0.4) is 0 Å². The summed E-state index contributed by atoms with van der Waals surface area (Å²) >= 11 is 0. The van der Waals surface area contributed by atoms with Crippen molar-refractivity contribution in [1.82, 2.24) is 4.90 Å². The minimum atomic E-state index is -0.656. The molecule has 1 aromatic heterocycles. The predicted octanol–water partition coefficient (Wildman–Crippen LogP) is 2.43. The summed E-state index contributed by atoms with van der Waals surface area (Å²) < 4.78 is 5.77. The van der Waals surface area contributed by atoms with Gasteiger partial charge in [-0.2, -0.15) is 0 Å². The van der Waals surface area contributed by atoms with Crippen molar-refractivity contribution in [3.63, 3.8) is 0 Å². The van der Waals surface area contributed by atoms with Crippen molar-refractivity contribution < 1.29 is 19.4 Å². The first-order valence-corrected chi connectivity index (χ1v) is 8.38. The molecule has 0 fully saturated rings. The maximum atomic E-state index is 13.1. The lowest BCUT2D eigenvalue weighted by Gasteiger charge is -2.24. The lowest BCUT2D eigenvalue weighted by molar-refractivity contribution is 0.0716. The van der Waals surface area contributed by atoms with Crippen LogP contribution in [0.1, 0.15) is 34.1 Å². The summed E-state index contributed by atoms with van der Waals surface area (Å²) in [6.07, 6.45) is 0.378. The van der Waals surface area contributed by atoms with Gasteiger partial charge in [0.1, 0.15) is 11.3 Å². The van der Waals surface area contributed by atoms with Crippen molar-refractivity contribution in [2.24, 2.45) is 0 Å². The van der Waals surface area contributed by atoms with Crippen LogP contribution >= 0.6 is 0 Å². The van der Waals surface area contributed by atoms with Crippen molar-refractivity contribution in [2.45, 2.75) is 12.5 Å². The molecule has 2 N–H and O–H groups in total. The van der Waals surface area contributed by atoms with Crippen LogP contribution in [0.4, 0.5) is 0 Å². The molecule has 26 heavy (non-hydrogen) atoms. The van der Waals surface area contributed by atoms with Gasteiger partial charge in [0.05, 0.1) is 17.0 Å². The number of phenols is 1. The third-order valence-corrected chi connectivity index (χ3v) is 4.62. The Kier molecular flexibility index (Phi) is 3.97. The summed E-state index contributed by atoms with van der Waals surface area (Å²) in [5.41, 5.74) is 1.01. The smallest absolute Gasteiger partial charge is 0.290 e. The van der Waals surface area contributed by atoms with E-state index >= 15 is 0 Å². The van der Waals surface area contributed by atoms with Crippen molar-refractivity contribution in [3.8, 4) is 5.75 Å². The highest BCUT2D eigenvalue weighted by Crippen LogP contribution is 2.38. The number of hydrogen-bond donors (Lipinski definition) is 2. The SMILES string of the molecule is O=C1c2oc3ccccc3c(=O)c2[C@@H](c2cccc(O)c2)N1CCCO. The fourth-order valence-electron chi connectivity index (χ4n) is 3.48. The predicted molar refractivity (Wildman–Crippen MR) is 95.2 cm³/mol. The highest BCUT2D eigenvalue weighted by Gasteiger charge is 2.42. The summed E-state index contributed by atoms with van der Waals surface area (Å²) in [4.78, 5) is 27.5. The van der Waals surface area contributed by atoms with Crippen molar-refractivity contribution in [1.29, 1.82) is 0 Å². The van der Waals surface area contributed by atoms with Gasteiger partial charge >= 0.3 is 0 Å². The Morgan fingerprint density at radius 1 is 1.08 bits per heavy atom. The standard InChI is InChI=1S/C20H17NO5/c22-10-4-9-21-17(12-5-3-6-13(23)11-12)16-18(24)14-7-1-2-8-15(14)26-19(16)20(21)25/h1-3,5-8,11,17,22-23H,4,9-10H2/t17-/m1/s1. The van der Waals surface area contributed by atoms with Gasteiger partial charge in [0.2, 0.25) is 5.76 Å². The second-order valence-corrected chi connectivity index (χ2v) is 6.24. The van der Waals surface area contributed by atoms with Gasteiger partial charge in [-0.25, -0.2) is 0 Å². The van der Waals surface area contributed by atoms with Gasteiger partial charge < -0.3 is 19.5 Å². The van der Waals surface area contributed by atoms with Crippen molar-refractivity contribution in [2.75, 3.05) is 13.2 Å². The Morgan fingerprint density at radius 3 is 2.65 bits per heavy atom. The zero-order valence-corrected chi connectivity index (χ0v) is 13.9. The first-order chi connectivity index (χ1) is 12.6. The Bertz CT molecular complexity index is 1060. The first-order valence-electron chi connectivity index (χ1n) is 8.38. The van der Waals surface area contributed by atoms with Gasteiger partial charge in [-0.15, -0.1) is 0 Å². The van der Waals surface area contributed by atoms with Gasteiger partial charge in [-0.05, 0) is 36.2 Å². The van der Waals surface area contributed by atoms with E-state index in [4.69, 9.17) is 4.42 Å². The quantitative estimate of drug-likeness (QED) is 0.753. The molecule has 1 amide bonds. The normalized spacial score (nSPS) is 16.3. The van der Waals surface area contributed by atoms with Gasteiger partial charge in [0.25, 0.3) is 5.91 Å². The molecule has 1 aliphatic rings. The Balaban J connectivity index is 1.97. The van der Waals surface area contributed by atoms with E-state index in [0.29, 0.717) is 23.0 Å². The number of rotatable bonds is 4. The molecule has 3 aromatic rings. The molecule has 0 spiro atoms. The molecule has 0 aliphatic carbocycles. The first kappa shape index (κ1) is 16.4. The minimum Gasteiger partial charge on any atom is -0.508 e. The molecule has 0 saturated heterocycles. The van der Waals surface area contributed by atoms with E-state index in [1.165, 1.54) is 17.0 Å². The number of aromatic hydroxyl groups is 1. The molecule has 6 heteroatoms. The highest BCUT2D eigenvalue weighted by atomic mass is 16.3. The third kappa shape index (κ3) is 2.46. The third-order valence-electron chi connectivity index (χ3n) is 4.62. The lowest BCUT2D eigenvalue weighted by atomic mass is 9.98. The summed E-state index contributed by atoms with van der Waals surface area (Å²) in [6, 6.07) is 12.6. The molecule has 1 aliphatic heterocycles. The van der Waals surface area contributed by atoms with Gasteiger partial charge in [-0.1, -0.05) is 24.3 Å². The second kappa shape index (κ2) is 6.31. The number of phenolic OH excluding ortho intramolecular Hbond substituents is 1. The zero-order valence-electron chi connectivity index (χ0n) is 13.9. The number of para-hydroxylation sites is 1. The number of nitrogens with zero attached hydrogens (tertiary/aromatic N) is 1. The summed E-state index contributed by atoms with van der Waals surface area (Å²) in [5.74, 6) is -0.305. The molecular formula is C20H17NO5. The summed E-state index contributed by atoms with van der Waals surface area (Å²) in [6.45, 7) is 0.200. The number of hydrogen-bond acceptors (Lipinski definition) is 5. The number of fused-ring (bicyclic) bond motifs is 2. The molecule has 2 heterocycles. The number of aliphatic hydroxyl groups is 1. The van der Waals surface area contributed by atoms with Crippen LogP contribution in [0, 0.1) is 0 Å². The second-order valence-electron chi connectivity index (χ2n) is 6.24. The molecule has 132 valence electrons. The van der Waals surface area contributed by atoms with Crippen LogP contribution in [0.15, 0.2) is 57.7 Å². The monoisotopic (exact) mass is 351 g/mol. The van der Waals surface area contributed by atoms with E-state index in [1.807, 2.05) is 0 Å². The van der Waals surface area contributed by atoms with E-state index in [2.05, 4.69) is 0 Å². The van der Waals surface area contributed by atoms with E-state index in [1.54, 1.807) is 36.4 Å². The van der Waals surface area contributed by atoms with E-state index in [9.17, 15) is 19.8 Å². The maximum Gasteiger partial charge on any atom is 0.290 e. The highest BCUT2D eigenvalue weighted by molar-refractivity contribution is 5.99. The minimum absolute atomic E-state index is 0.0278. The number of carbonyl (C=O) groups excluding carboxylic acids is 1.